The number of hydrogen-bond donors (Lipinski definition) is 3. The van der Waals surface area contributed by atoms with Gasteiger partial charge in [-0.3, -0.25) is 4.79 Å². The van der Waals surface area contributed by atoms with Crippen LogP contribution in [0.5, 0.6) is 0 Å². The quantitative estimate of drug-likeness (QED) is 0.272. The molecule has 0 radical (unpaired) electrons. The molecule has 0 heterocycles. The average molecular weight is 614 g/mol. The third-order valence-corrected chi connectivity index (χ3v) is 6.54. The van der Waals surface area contributed by atoms with Gasteiger partial charge in [0.2, 0.25) is 5.91 Å². The Balaban J connectivity index is 2.38. The number of likely N-dealkylation sites (N-methyl/N-ethyl adjacent to an activating group) is 1. The van der Waals surface area contributed by atoms with Crippen molar-refractivity contribution in [2.24, 2.45) is 0 Å². The van der Waals surface area contributed by atoms with Gasteiger partial charge in [-0.25, -0.2) is 8.78 Å². The van der Waals surface area contributed by atoms with Crippen LogP contribution in [0.4, 0.5) is 48.3 Å². The maximum atomic E-state index is 14.6. The minimum Gasteiger partial charge on any atom is -0.372 e. The van der Waals surface area contributed by atoms with Crippen LogP contribution < -0.4 is 10.6 Å². The zero-order valence-electron chi connectivity index (χ0n) is 21.2. The molecular formula is C27H21F11N2O2. The van der Waals surface area contributed by atoms with Crippen molar-refractivity contribution < 1.29 is 58.2 Å². The fraction of sp³-hybridized carbons (Fsp3) is 0.296. The third-order valence-electron chi connectivity index (χ3n) is 6.54. The van der Waals surface area contributed by atoms with Crippen LogP contribution in [0.1, 0.15) is 22.3 Å². The van der Waals surface area contributed by atoms with Crippen LogP contribution in [0.15, 0.2) is 72.8 Å². The first-order valence-corrected chi connectivity index (χ1v) is 11.8. The van der Waals surface area contributed by atoms with Crippen molar-refractivity contribution >= 4 is 5.91 Å². The molecule has 228 valence electrons. The van der Waals surface area contributed by atoms with Gasteiger partial charge < -0.3 is 15.7 Å². The van der Waals surface area contributed by atoms with E-state index in [1.165, 1.54) is 35.6 Å². The van der Waals surface area contributed by atoms with Crippen LogP contribution in [-0.4, -0.2) is 42.1 Å². The minimum atomic E-state index is -6.48. The van der Waals surface area contributed by atoms with Gasteiger partial charge in [-0.1, -0.05) is 42.5 Å². The molecule has 0 saturated heterocycles. The monoisotopic (exact) mass is 614 g/mol. The summed E-state index contributed by atoms with van der Waals surface area (Å²) in [4.78, 5) is 13.4. The van der Waals surface area contributed by atoms with Gasteiger partial charge in [0.05, 0.1) is 11.1 Å². The van der Waals surface area contributed by atoms with Gasteiger partial charge in [0, 0.05) is 6.42 Å². The topological polar surface area (TPSA) is 61.4 Å². The highest BCUT2D eigenvalue weighted by Crippen LogP contribution is 2.46. The second kappa shape index (κ2) is 11.5. The standard InChI is InChI=1S/C27H21F11N2O2/c1-39-21(24(42,26(33,34)35)27(36,37)38)22(41)40-23(14-15-5-3-2-4-6-15,16-7-9-19(28)10-8-16)17-11-18(25(30,31)32)13-20(29)12-17/h2-13,21,39,42H,14H2,1H3,(H,40,41)/t21-,23+/m0/s1. The molecule has 3 aromatic rings. The van der Waals surface area contributed by atoms with E-state index in [0.717, 1.165) is 24.3 Å². The van der Waals surface area contributed by atoms with Gasteiger partial charge in [0.25, 0.3) is 5.60 Å². The van der Waals surface area contributed by atoms with Crippen LogP contribution in [0.2, 0.25) is 0 Å². The number of carbonyl (C=O) groups excluding carboxylic acids is 1. The molecule has 0 aromatic heterocycles. The summed E-state index contributed by atoms with van der Waals surface area (Å²) in [6.07, 6.45) is -18.8. The summed E-state index contributed by atoms with van der Waals surface area (Å²) < 4.78 is 152. The summed E-state index contributed by atoms with van der Waals surface area (Å²) in [5.74, 6) is -4.58. The number of amides is 1. The molecule has 0 unspecified atom stereocenters. The molecule has 0 bridgehead atoms. The van der Waals surface area contributed by atoms with E-state index in [4.69, 9.17) is 0 Å². The summed E-state index contributed by atoms with van der Waals surface area (Å²) in [5.41, 5.74) is -10.7. The fourth-order valence-electron chi connectivity index (χ4n) is 4.50. The number of rotatable bonds is 8. The Morgan fingerprint density at radius 1 is 0.738 bits per heavy atom. The molecule has 3 N–H and O–H groups in total. The Morgan fingerprint density at radius 3 is 1.74 bits per heavy atom. The predicted molar refractivity (Wildman–Crippen MR) is 127 cm³/mol. The van der Waals surface area contributed by atoms with Crippen molar-refractivity contribution in [2.45, 2.75) is 42.1 Å². The maximum absolute atomic E-state index is 14.6. The number of aliphatic hydroxyl groups is 1. The lowest BCUT2D eigenvalue weighted by molar-refractivity contribution is -0.373. The molecule has 2 atom stereocenters. The van der Waals surface area contributed by atoms with Gasteiger partial charge >= 0.3 is 18.5 Å². The first kappa shape index (κ1) is 32.8. The SMILES string of the molecule is CN[C@@H](C(=O)N[C@](Cc1ccccc1)(c1ccc(F)cc1)c1cc(F)cc(C(F)(F)F)c1)C(O)(C(F)(F)F)C(F)(F)F. The summed E-state index contributed by atoms with van der Waals surface area (Å²) in [7, 11) is 0.507. The van der Waals surface area contributed by atoms with E-state index in [2.05, 4.69) is 0 Å². The van der Waals surface area contributed by atoms with Crippen LogP contribution >= 0.6 is 0 Å². The highest BCUT2D eigenvalue weighted by Gasteiger charge is 2.75. The highest BCUT2D eigenvalue weighted by atomic mass is 19.4. The largest absolute Gasteiger partial charge is 0.428 e. The Hall–Kier alpha value is -3.72. The van der Waals surface area contributed by atoms with Crippen LogP contribution in [0, 0.1) is 11.6 Å². The van der Waals surface area contributed by atoms with Gasteiger partial charge in [-0.15, -0.1) is 0 Å². The molecule has 0 spiro atoms. The van der Waals surface area contributed by atoms with Gasteiger partial charge in [-0.2, -0.15) is 39.5 Å². The highest BCUT2D eigenvalue weighted by molar-refractivity contribution is 5.85. The second-order valence-corrected chi connectivity index (χ2v) is 9.27. The Labute approximate surface area is 231 Å². The summed E-state index contributed by atoms with van der Waals surface area (Å²) in [6, 6.07) is 7.88. The number of benzene rings is 3. The first-order chi connectivity index (χ1) is 19.3. The number of alkyl halides is 9. The summed E-state index contributed by atoms with van der Waals surface area (Å²) >= 11 is 0. The maximum Gasteiger partial charge on any atom is 0.428 e. The van der Waals surface area contributed by atoms with Crippen molar-refractivity contribution in [1.82, 2.24) is 10.6 Å². The Kier molecular flexibility index (Phi) is 8.99. The number of halogens is 11. The van der Waals surface area contributed by atoms with Crippen molar-refractivity contribution in [2.75, 3.05) is 7.05 Å². The van der Waals surface area contributed by atoms with E-state index in [1.54, 1.807) is 0 Å². The molecule has 0 aliphatic heterocycles. The van der Waals surface area contributed by atoms with E-state index in [1.807, 2.05) is 5.32 Å². The van der Waals surface area contributed by atoms with E-state index in [-0.39, 0.29) is 17.2 Å². The first-order valence-electron chi connectivity index (χ1n) is 11.8. The second-order valence-electron chi connectivity index (χ2n) is 9.27. The molecule has 4 nitrogen and oxygen atoms in total. The normalized spacial score (nSPS) is 15.2. The number of carbonyl (C=O) groups is 1. The molecule has 42 heavy (non-hydrogen) atoms. The Morgan fingerprint density at radius 2 is 1.26 bits per heavy atom. The molecule has 3 aromatic carbocycles. The average Bonchev–Trinajstić information content (AvgIpc) is 2.87. The van der Waals surface area contributed by atoms with Crippen molar-refractivity contribution in [1.29, 1.82) is 0 Å². The molecular weight excluding hydrogens is 593 g/mol. The van der Waals surface area contributed by atoms with Crippen molar-refractivity contribution in [3.8, 4) is 0 Å². The lowest BCUT2D eigenvalue weighted by Crippen LogP contribution is -2.72. The lowest BCUT2D eigenvalue weighted by Gasteiger charge is -2.41. The molecule has 3 rings (SSSR count). The van der Waals surface area contributed by atoms with Crippen LogP contribution in [-0.2, 0) is 22.9 Å². The molecule has 0 fully saturated rings. The minimum absolute atomic E-state index is 0.0890. The fourth-order valence-corrected chi connectivity index (χ4v) is 4.50. The molecule has 0 aliphatic rings. The zero-order valence-corrected chi connectivity index (χ0v) is 21.2. The number of nitrogens with one attached hydrogen (secondary N) is 2. The van der Waals surface area contributed by atoms with Crippen LogP contribution in [0.25, 0.3) is 0 Å². The molecule has 0 aliphatic carbocycles. The van der Waals surface area contributed by atoms with Gasteiger partial charge in [-0.05, 0) is 54.1 Å². The van der Waals surface area contributed by atoms with E-state index >= 15 is 0 Å². The lowest BCUT2D eigenvalue weighted by atomic mass is 9.76. The van der Waals surface area contributed by atoms with Gasteiger partial charge in [0.1, 0.15) is 17.7 Å². The summed E-state index contributed by atoms with van der Waals surface area (Å²) in [5, 5.41) is 13.3. The van der Waals surface area contributed by atoms with E-state index < -0.39 is 70.8 Å². The van der Waals surface area contributed by atoms with E-state index in [9.17, 15) is 58.2 Å². The van der Waals surface area contributed by atoms with Crippen molar-refractivity contribution in [3.05, 3.63) is 107 Å². The molecule has 15 heteroatoms. The van der Waals surface area contributed by atoms with Crippen molar-refractivity contribution in [3.63, 3.8) is 0 Å². The third kappa shape index (κ3) is 6.36. The molecule has 0 saturated carbocycles. The summed E-state index contributed by atoms with van der Waals surface area (Å²) in [6.45, 7) is 0. The van der Waals surface area contributed by atoms with E-state index in [0.29, 0.717) is 19.2 Å². The molecule has 1 amide bonds. The predicted octanol–water partition coefficient (Wildman–Crippen LogP) is 6.03. The number of hydrogen-bond acceptors (Lipinski definition) is 3. The van der Waals surface area contributed by atoms with Gasteiger partial charge in [0.15, 0.2) is 0 Å². The van der Waals surface area contributed by atoms with Crippen LogP contribution in [0.3, 0.4) is 0 Å². The smallest absolute Gasteiger partial charge is 0.372 e. The zero-order chi connectivity index (χ0) is 31.7. The Bertz CT molecular complexity index is 1370.